The maximum Gasteiger partial charge on any atom is 0.359 e. The van der Waals surface area contributed by atoms with Crippen molar-refractivity contribution >= 4 is 11.8 Å². The van der Waals surface area contributed by atoms with Gasteiger partial charge in [0.05, 0.1) is 13.2 Å². The number of aromatic nitrogens is 2. The van der Waals surface area contributed by atoms with Gasteiger partial charge in [0.2, 0.25) is 0 Å². The second-order valence-corrected chi connectivity index (χ2v) is 3.70. The molecule has 0 amide bonds. The van der Waals surface area contributed by atoms with Gasteiger partial charge in [-0.3, -0.25) is 0 Å². The van der Waals surface area contributed by atoms with E-state index in [1.165, 1.54) is 0 Å². The first kappa shape index (κ1) is 14.5. The Morgan fingerprint density at radius 2 is 2.06 bits per heavy atom. The molecule has 18 heavy (non-hydrogen) atoms. The molecule has 6 heteroatoms. The summed E-state index contributed by atoms with van der Waals surface area (Å²) in [6, 6.07) is 0. The van der Waals surface area contributed by atoms with Crippen LogP contribution in [0.5, 0.6) is 0 Å². The average Bonchev–Trinajstić information content (AvgIpc) is 2.67. The van der Waals surface area contributed by atoms with E-state index < -0.39 is 5.97 Å². The van der Waals surface area contributed by atoms with Gasteiger partial charge < -0.3 is 15.2 Å². The topological polar surface area (TPSA) is 79.4 Å². The highest BCUT2D eigenvalue weighted by atomic mass is 16.5. The summed E-state index contributed by atoms with van der Waals surface area (Å²) in [5, 5.41) is 4.19. The number of anilines is 1. The third-order valence-corrected chi connectivity index (χ3v) is 2.56. The summed E-state index contributed by atoms with van der Waals surface area (Å²) in [6.45, 7) is 7.70. The average molecular weight is 255 g/mol. The Labute approximate surface area is 107 Å². The van der Waals surface area contributed by atoms with Gasteiger partial charge in [-0.15, -0.1) is 0 Å². The highest BCUT2D eigenvalue weighted by Gasteiger charge is 2.21. The molecule has 0 atom stereocenters. The van der Waals surface area contributed by atoms with E-state index in [1.54, 1.807) is 11.6 Å². The van der Waals surface area contributed by atoms with Crippen molar-refractivity contribution in [2.45, 2.75) is 33.7 Å². The predicted molar refractivity (Wildman–Crippen MR) is 68.5 cm³/mol. The molecule has 0 saturated heterocycles. The number of ether oxygens (including phenoxy) is 2. The normalized spacial score (nSPS) is 10.6. The monoisotopic (exact) mass is 255 g/mol. The third kappa shape index (κ3) is 3.22. The number of nitrogen functional groups attached to an aromatic ring is 1. The predicted octanol–water partition coefficient (Wildman–Crippen LogP) is 1.24. The summed E-state index contributed by atoms with van der Waals surface area (Å²) < 4.78 is 11.9. The van der Waals surface area contributed by atoms with Crippen molar-refractivity contribution in [1.29, 1.82) is 0 Å². The molecule has 0 aromatic carbocycles. The van der Waals surface area contributed by atoms with Crippen LogP contribution in [-0.2, 0) is 22.4 Å². The Kier molecular flexibility index (Phi) is 5.64. The van der Waals surface area contributed by atoms with Crippen LogP contribution in [0.25, 0.3) is 0 Å². The summed E-state index contributed by atoms with van der Waals surface area (Å²) in [5.41, 5.74) is 6.98. The number of aryl methyl sites for hydroxylation is 1. The molecule has 0 bridgehead atoms. The number of hydrogen-bond acceptors (Lipinski definition) is 5. The van der Waals surface area contributed by atoms with Crippen molar-refractivity contribution in [2.24, 2.45) is 0 Å². The first-order chi connectivity index (χ1) is 8.65. The van der Waals surface area contributed by atoms with Crippen LogP contribution in [-0.4, -0.2) is 35.6 Å². The maximum absolute atomic E-state index is 11.8. The first-order valence-corrected chi connectivity index (χ1v) is 6.25. The van der Waals surface area contributed by atoms with Gasteiger partial charge in [-0.05, 0) is 20.8 Å². The van der Waals surface area contributed by atoms with Gasteiger partial charge in [0.15, 0.2) is 5.69 Å². The van der Waals surface area contributed by atoms with E-state index in [4.69, 9.17) is 15.2 Å². The lowest BCUT2D eigenvalue weighted by atomic mass is 10.1. The summed E-state index contributed by atoms with van der Waals surface area (Å²) in [7, 11) is 0. The zero-order valence-electron chi connectivity index (χ0n) is 11.2. The minimum Gasteiger partial charge on any atom is -0.461 e. The Morgan fingerprint density at radius 1 is 1.33 bits per heavy atom. The quantitative estimate of drug-likeness (QED) is 0.585. The molecule has 6 nitrogen and oxygen atoms in total. The van der Waals surface area contributed by atoms with Gasteiger partial charge in [-0.2, -0.15) is 5.10 Å². The van der Waals surface area contributed by atoms with Gasteiger partial charge >= 0.3 is 5.97 Å². The SMILES string of the molecule is CCOCCc1c(C(=O)OCC)nn(CC)c1N. The maximum atomic E-state index is 11.8. The fourth-order valence-electron chi connectivity index (χ4n) is 1.68. The van der Waals surface area contributed by atoms with Crippen LogP contribution >= 0.6 is 0 Å². The molecule has 0 spiro atoms. The minimum atomic E-state index is -0.428. The van der Waals surface area contributed by atoms with E-state index in [9.17, 15) is 4.79 Å². The fraction of sp³-hybridized carbons (Fsp3) is 0.667. The molecular weight excluding hydrogens is 234 g/mol. The molecule has 102 valence electrons. The van der Waals surface area contributed by atoms with Crippen LogP contribution in [0.1, 0.15) is 36.8 Å². The van der Waals surface area contributed by atoms with Crippen molar-refractivity contribution in [3.63, 3.8) is 0 Å². The summed E-state index contributed by atoms with van der Waals surface area (Å²) in [5.74, 6) is 0.0863. The lowest BCUT2D eigenvalue weighted by Gasteiger charge is -2.04. The molecule has 0 unspecified atom stereocenters. The van der Waals surface area contributed by atoms with Gasteiger partial charge in [-0.1, -0.05) is 0 Å². The van der Waals surface area contributed by atoms with Crippen LogP contribution < -0.4 is 5.73 Å². The molecule has 0 saturated carbocycles. The van der Waals surface area contributed by atoms with E-state index >= 15 is 0 Å². The number of hydrogen-bond donors (Lipinski definition) is 1. The van der Waals surface area contributed by atoms with Crippen LogP contribution in [0.15, 0.2) is 0 Å². The Bertz CT molecular complexity index is 402. The highest BCUT2D eigenvalue weighted by Crippen LogP contribution is 2.18. The van der Waals surface area contributed by atoms with Crippen LogP contribution in [0.3, 0.4) is 0 Å². The van der Waals surface area contributed by atoms with Crippen LogP contribution in [0, 0.1) is 0 Å². The van der Waals surface area contributed by atoms with Crippen molar-refractivity contribution in [1.82, 2.24) is 9.78 Å². The number of rotatable bonds is 7. The molecule has 1 rings (SSSR count). The molecule has 0 aliphatic carbocycles. The van der Waals surface area contributed by atoms with Crippen LogP contribution in [0.4, 0.5) is 5.82 Å². The molecule has 1 aromatic rings. The molecular formula is C12H21N3O3. The Hall–Kier alpha value is -1.56. The van der Waals surface area contributed by atoms with Gasteiger partial charge in [0.25, 0.3) is 0 Å². The molecule has 0 radical (unpaired) electrons. The van der Waals surface area contributed by atoms with Crippen molar-refractivity contribution in [3.8, 4) is 0 Å². The van der Waals surface area contributed by atoms with E-state index in [0.717, 1.165) is 0 Å². The van der Waals surface area contributed by atoms with Crippen LogP contribution in [0.2, 0.25) is 0 Å². The standard InChI is InChI=1S/C12H21N3O3/c1-4-15-11(13)9(7-8-17-5-2)10(14-15)12(16)18-6-3/h4-8,13H2,1-3H3. The largest absolute Gasteiger partial charge is 0.461 e. The zero-order valence-corrected chi connectivity index (χ0v) is 11.2. The number of nitrogens with two attached hydrogens (primary N) is 1. The summed E-state index contributed by atoms with van der Waals surface area (Å²) in [6.07, 6.45) is 0.563. The number of nitrogens with zero attached hydrogens (tertiary/aromatic N) is 2. The second-order valence-electron chi connectivity index (χ2n) is 3.70. The summed E-state index contributed by atoms with van der Waals surface area (Å²) >= 11 is 0. The summed E-state index contributed by atoms with van der Waals surface area (Å²) in [4.78, 5) is 11.8. The first-order valence-electron chi connectivity index (χ1n) is 6.25. The Balaban J connectivity index is 2.95. The van der Waals surface area contributed by atoms with Crippen molar-refractivity contribution < 1.29 is 14.3 Å². The molecule has 0 aliphatic heterocycles. The van der Waals surface area contributed by atoms with Crippen molar-refractivity contribution in [2.75, 3.05) is 25.6 Å². The number of carbonyl (C=O) groups excluding carboxylic acids is 1. The van der Waals surface area contributed by atoms with E-state index in [-0.39, 0.29) is 0 Å². The lowest BCUT2D eigenvalue weighted by Crippen LogP contribution is -2.10. The third-order valence-electron chi connectivity index (χ3n) is 2.56. The lowest BCUT2D eigenvalue weighted by molar-refractivity contribution is 0.0516. The van der Waals surface area contributed by atoms with Crippen molar-refractivity contribution in [3.05, 3.63) is 11.3 Å². The fourth-order valence-corrected chi connectivity index (χ4v) is 1.68. The van der Waals surface area contributed by atoms with E-state index in [2.05, 4.69) is 5.10 Å². The molecule has 0 fully saturated rings. The Morgan fingerprint density at radius 3 is 2.61 bits per heavy atom. The number of carbonyl (C=O) groups is 1. The van der Waals surface area contributed by atoms with E-state index in [1.807, 2.05) is 13.8 Å². The van der Waals surface area contributed by atoms with Gasteiger partial charge in [0.1, 0.15) is 5.82 Å². The molecule has 2 N–H and O–H groups in total. The molecule has 1 aromatic heterocycles. The highest BCUT2D eigenvalue weighted by molar-refractivity contribution is 5.90. The van der Waals surface area contributed by atoms with E-state index in [0.29, 0.717) is 49.9 Å². The van der Waals surface area contributed by atoms with Gasteiger partial charge in [-0.25, -0.2) is 9.48 Å². The molecule has 1 heterocycles. The zero-order chi connectivity index (χ0) is 13.5. The molecule has 0 aliphatic rings. The second kappa shape index (κ2) is 7.00. The minimum absolute atomic E-state index is 0.302. The smallest absolute Gasteiger partial charge is 0.359 e. The number of esters is 1. The van der Waals surface area contributed by atoms with Gasteiger partial charge in [0, 0.05) is 25.1 Å².